The molecule has 4 nitrogen and oxygen atoms in total. The number of hydrogen-bond donors (Lipinski definition) is 2. The first kappa shape index (κ1) is 11.8. The van der Waals surface area contributed by atoms with Crippen molar-refractivity contribution in [3.63, 3.8) is 0 Å². The third kappa shape index (κ3) is 2.93. The largest absolute Gasteiger partial charge is 0.389 e. The maximum absolute atomic E-state index is 10.3. The number of rotatable bonds is 4. The molecule has 3 N–H and O–H groups in total. The molecular weight excluding hydrogens is 222 g/mol. The minimum absolute atomic E-state index is 0.467. The number of likely N-dealkylation sites (N-methyl/N-ethyl adjacent to an activating group) is 1. The van der Waals surface area contributed by atoms with Gasteiger partial charge in [-0.2, -0.15) is 0 Å². The Morgan fingerprint density at radius 2 is 2.25 bits per heavy atom. The van der Waals surface area contributed by atoms with Gasteiger partial charge in [0.15, 0.2) is 5.13 Å². The van der Waals surface area contributed by atoms with Crippen molar-refractivity contribution in [1.29, 1.82) is 0 Å². The third-order valence-electron chi connectivity index (χ3n) is 3.10. The molecule has 1 aromatic rings. The van der Waals surface area contributed by atoms with E-state index < -0.39 is 5.60 Å². The normalized spacial score (nSPS) is 19.4. The van der Waals surface area contributed by atoms with Crippen LogP contribution < -0.4 is 5.73 Å². The molecule has 16 heavy (non-hydrogen) atoms. The summed E-state index contributed by atoms with van der Waals surface area (Å²) in [6, 6.07) is 0. The van der Waals surface area contributed by atoms with Crippen molar-refractivity contribution < 1.29 is 5.11 Å². The summed E-state index contributed by atoms with van der Waals surface area (Å²) in [5.41, 5.74) is 5.12. The minimum Gasteiger partial charge on any atom is -0.389 e. The zero-order chi connectivity index (χ0) is 11.6. The van der Waals surface area contributed by atoms with E-state index in [0.717, 1.165) is 43.6 Å². The fraction of sp³-hybridized carbons (Fsp3) is 0.727. The van der Waals surface area contributed by atoms with Gasteiger partial charge in [-0.1, -0.05) is 12.8 Å². The molecule has 1 aliphatic rings. The van der Waals surface area contributed by atoms with Crippen LogP contribution in [0.1, 0.15) is 30.6 Å². The molecule has 0 atom stereocenters. The molecule has 90 valence electrons. The smallest absolute Gasteiger partial charge is 0.180 e. The van der Waals surface area contributed by atoms with E-state index in [-0.39, 0.29) is 0 Å². The molecule has 5 heteroatoms. The van der Waals surface area contributed by atoms with Crippen LogP contribution in [-0.2, 0) is 6.54 Å². The van der Waals surface area contributed by atoms with E-state index in [1.54, 1.807) is 0 Å². The van der Waals surface area contributed by atoms with Gasteiger partial charge in [0.2, 0.25) is 0 Å². The highest BCUT2D eigenvalue weighted by molar-refractivity contribution is 7.15. The summed E-state index contributed by atoms with van der Waals surface area (Å²) in [4.78, 5) is 7.33. The zero-order valence-corrected chi connectivity index (χ0v) is 10.5. The minimum atomic E-state index is -0.467. The van der Waals surface area contributed by atoms with Gasteiger partial charge >= 0.3 is 0 Å². The molecule has 1 aliphatic carbocycles. The van der Waals surface area contributed by atoms with E-state index in [2.05, 4.69) is 9.88 Å². The number of anilines is 1. The highest BCUT2D eigenvalue weighted by atomic mass is 32.1. The van der Waals surface area contributed by atoms with Gasteiger partial charge in [-0.05, 0) is 19.9 Å². The fourth-order valence-corrected chi connectivity index (χ4v) is 3.18. The highest BCUT2D eigenvalue weighted by Gasteiger charge is 2.32. The summed E-state index contributed by atoms with van der Waals surface area (Å²) in [6.45, 7) is 1.56. The van der Waals surface area contributed by atoms with E-state index in [4.69, 9.17) is 5.73 Å². The lowest BCUT2D eigenvalue weighted by Crippen LogP contribution is -2.38. The van der Waals surface area contributed by atoms with E-state index in [0.29, 0.717) is 5.13 Å². The Labute approximate surface area is 100 Å². The Kier molecular flexibility index (Phi) is 3.47. The number of hydrogen-bond acceptors (Lipinski definition) is 5. The summed E-state index contributed by atoms with van der Waals surface area (Å²) in [5, 5.41) is 10.9. The second-order valence-corrected chi connectivity index (χ2v) is 5.92. The molecule has 0 bridgehead atoms. The van der Waals surface area contributed by atoms with Crippen LogP contribution >= 0.6 is 11.3 Å². The summed E-state index contributed by atoms with van der Waals surface area (Å²) in [5.74, 6) is 0. The Morgan fingerprint density at radius 1 is 1.56 bits per heavy atom. The average Bonchev–Trinajstić information content (AvgIpc) is 2.75. The summed E-state index contributed by atoms with van der Waals surface area (Å²) >= 11 is 1.52. The van der Waals surface area contributed by atoms with Gasteiger partial charge < -0.3 is 10.8 Å². The van der Waals surface area contributed by atoms with Crippen LogP contribution in [-0.4, -0.2) is 34.2 Å². The lowest BCUT2D eigenvalue weighted by Gasteiger charge is -2.28. The Balaban J connectivity index is 1.86. The standard InChI is InChI=1S/C11H19N3OS/c1-14(7-9-6-13-10(12)16-9)8-11(15)4-2-3-5-11/h6,15H,2-5,7-8H2,1H3,(H2,12,13). The van der Waals surface area contributed by atoms with Gasteiger partial charge in [-0.15, -0.1) is 11.3 Å². The van der Waals surface area contributed by atoms with Gasteiger partial charge in [0.25, 0.3) is 0 Å². The van der Waals surface area contributed by atoms with Crippen LogP contribution in [0, 0.1) is 0 Å². The fourth-order valence-electron chi connectivity index (χ4n) is 2.41. The number of nitrogens with two attached hydrogens (primary N) is 1. The van der Waals surface area contributed by atoms with Gasteiger partial charge in [-0.25, -0.2) is 4.98 Å². The van der Waals surface area contributed by atoms with Crippen molar-refractivity contribution in [2.24, 2.45) is 0 Å². The van der Waals surface area contributed by atoms with Gasteiger partial charge in [0.05, 0.1) is 5.60 Å². The number of thiazole rings is 1. The number of aliphatic hydroxyl groups is 1. The van der Waals surface area contributed by atoms with Crippen LogP contribution in [0.3, 0.4) is 0 Å². The zero-order valence-electron chi connectivity index (χ0n) is 9.65. The summed E-state index contributed by atoms with van der Waals surface area (Å²) < 4.78 is 0. The van der Waals surface area contributed by atoms with Crippen molar-refractivity contribution in [1.82, 2.24) is 9.88 Å². The van der Waals surface area contributed by atoms with Crippen molar-refractivity contribution in [2.45, 2.75) is 37.8 Å². The highest BCUT2D eigenvalue weighted by Crippen LogP contribution is 2.30. The monoisotopic (exact) mass is 241 g/mol. The molecular formula is C11H19N3OS. The number of aromatic nitrogens is 1. The predicted molar refractivity (Wildman–Crippen MR) is 66.3 cm³/mol. The van der Waals surface area contributed by atoms with E-state index >= 15 is 0 Å². The van der Waals surface area contributed by atoms with Crippen molar-refractivity contribution in [3.8, 4) is 0 Å². The Morgan fingerprint density at radius 3 is 2.81 bits per heavy atom. The molecule has 0 spiro atoms. The molecule has 0 saturated heterocycles. The molecule has 1 heterocycles. The van der Waals surface area contributed by atoms with Gasteiger partial charge in [0, 0.05) is 24.2 Å². The van der Waals surface area contributed by atoms with Gasteiger partial charge in [-0.3, -0.25) is 4.90 Å². The van der Waals surface area contributed by atoms with Crippen molar-refractivity contribution >= 4 is 16.5 Å². The SMILES string of the molecule is CN(Cc1cnc(N)s1)CC1(O)CCCC1. The first-order valence-electron chi connectivity index (χ1n) is 5.68. The van der Waals surface area contributed by atoms with Gasteiger partial charge in [0.1, 0.15) is 0 Å². The van der Waals surface area contributed by atoms with E-state index in [9.17, 15) is 5.11 Å². The maximum atomic E-state index is 10.3. The van der Waals surface area contributed by atoms with Crippen LogP contribution in [0.25, 0.3) is 0 Å². The van der Waals surface area contributed by atoms with E-state index in [1.807, 2.05) is 13.2 Å². The molecule has 0 aromatic carbocycles. The van der Waals surface area contributed by atoms with Crippen LogP contribution in [0.2, 0.25) is 0 Å². The third-order valence-corrected chi connectivity index (χ3v) is 3.91. The predicted octanol–water partition coefficient (Wildman–Crippen LogP) is 1.46. The van der Waals surface area contributed by atoms with Crippen molar-refractivity contribution in [3.05, 3.63) is 11.1 Å². The lowest BCUT2D eigenvalue weighted by molar-refractivity contribution is 0.0147. The van der Waals surface area contributed by atoms with E-state index in [1.165, 1.54) is 11.3 Å². The lowest BCUT2D eigenvalue weighted by atomic mass is 10.0. The quantitative estimate of drug-likeness (QED) is 0.838. The topological polar surface area (TPSA) is 62.4 Å². The molecule has 0 amide bonds. The van der Waals surface area contributed by atoms with Crippen LogP contribution in [0.15, 0.2) is 6.20 Å². The molecule has 2 rings (SSSR count). The number of nitrogens with zero attached hydrogens (tertiary/aromatic N) is 2. The molecule has 1 aromatic heterocycles. The second kappa shape index (κ2) is 4.69. The second-order valence-electron chi connectivity index (χ2n) is 4.77. The maximum Gasteiger partial charge on any atom is 0.180 e. The molecule has 1 saturated carbocycles. The van der Waals surface area contributed by atoms with Crippen LogP contribution in [0.5, 0.6) is 0 Å². The number of nitrogen functional groups attached to an aromatic ring is 1. The molecule has 0 aliphatic heterocycles. The summed E-state index contributed by atoms with van der Waals surface area (Å²) in [7, 11) is 2.03. The van der Waals surface area contributed by atoms with Crippen LogP contribution in [0.4, 0.5) is 5.13 Å². The Bertz CT molecular complexity index is 347. The van der Waals surface area contributed by atoms with Crippen molar-refractivity contribution in [2.75, 3.05) is 19.3 Å². The summed E-state index contributed by atoms with van der Waals surface area (Å²) in [6.07, 6.45) is 5.98. The Hall–Kier alpha value is -0.650. The molecule has 1 fully saturated rings. The molecule has 0 radical (unpaired) electrons. The first-order chi connectivity index (χ1) is 7.57. The average molecular weight is 241 g/mol. The molecule has 0 unspecified atom stereocenters. The first-order valence-corrected chi connectivity index (χ1v) is 6.50.